The number of aromatic nitrogens is 1. The monoisotopic (exact) mass is 236 g/mol. The standard InChI is InChI=1S/C16H16N2/c1-16(2)13-8-3-4-9-14(13)18-15(16)11-12-7-5-6-10-17-12/h3-11,18H,1-2H3. The first kappa shape index (κ1) is 11.0. The molecule has 0 saturated carbocycles. The van der Waals surface area contributed by atoms with Gasteiger partial charge in [0.25, 0.3) is 0 Å². The summed E-state index contributed by atoms with van der Waals surface area (Å²) < 4.78 is 0. The largest absolute Gasteiger partial charge is 0.358 e. The summed E-state index contributed by atoms with van der Waals surface area (Å²) in [5.74, 6) is 0. The number of hydrogen-bond donors (Lipinski definition) is 1. The van der Waals surface area contributed by atoms with Gasteiger partial charge in [-0.2, -0.15) is 0 Å². The predicted octanol–water partition coefficient (Wildman–Crippen LogP) is 3.83. The minimum atomic E-state index is 0.00805. The molecule has 1 aliphatic rings. The van der Waals surface area contributed by atoms with E-state index in [9.17, 15) is 0 Å². The van der Waals surface area contributed by atoms with Crippen molar-refractivity contribution in [2.75, 3.05) is 5.32 Å². The molecule has 1 aromatic carbocycles. The summed E-state index contributed by atoms with van der Waals surface area (Å²) in [4.78, 5) is 4.35. The second kappa shape index (κ2) is 3.98. The molecule has 0 fully saturated rings. The number of rotatable bonds is 1. The first-order valence-electron chi connectivity index (χ1n) is 6.18. The summed E-state index contributed by atoms with van der Waals surface area (Å²) in [6, 6.07) is 14.4. The summed E-state index contributed by atoms with van der Waals surface area (Å²) in [6.45, 7) is 4.47. The van der Waals surface area contributed by atoms with Gasteiger partial charge in [0, 0.05) is 23.0 Å². The summed E-state index contributed by atoms with van der Waals surface area (Å²) in [5, 5.41) is 3.49. The molecule has 2 aromatic rings. The second-order valence-electron chi connectivity index (χ2n) is 5.11. The fraction of sp³-hybridized carbons (Fsp3) is 0.188. The minimum absolute atomic E-state index is 0.00805. The fourth-order valence-corrected chi connectivity index (χ4v) is 2.41. The molecule has 18 heavy (non-hydrogen) atoms. The second-order valence-corrected chi connectivity index (χ2v) is 5.11. The van der Waals surface area contributed by atoms with Gasteiger partial charge in [0.05, 0.1) is 5.69 Å². The van der Waals surface area contributed by atoms with E-state index in [1.165, 1.54) is 16.9 Å². The molecule has 0 amide bonds. The highest BCUT2D eigenvalue weighted by Gasteiger charge is 2.34. The highest BCUT2D eigenvalue weighted by molar-refractivity contribution is 5.73. The van der Waals surface area contributed by atoms with Crippen LogP contribution in [-0.4, -0.2) is 4.98 Å². The van der Waals surface area contributed by atoms with Crippen LogP contribution in [0, 0.1) is 0 Å². The molecular weight excluding hydrogens is 220 g/mol. The molecule has 2 nitrogen and oxygen atoms in total. The predicted molar refractivity (Wildman–Crippen MR) is 75.3 cm³/mol. The van der Waals surface area contributed by atoms with E-state index < -0.39 is 0 Å². The van der Waals surface area contributed by atoms with Crippen molar-refractivity contribution >= 4 is 11.8 Å². The summed E-state index contributed by atoms with van der Waals surface area (Å²) >= 11 is 0. The molecule has 0 bridgehead atoms. The Bertz CT molecular complexity index is 598. The van der Waals surface area contributed by atoms with Crippen molar-refractivity contribution in [2.24, 2.45) is 0 Å². The van der Waals surface area contributed by atoms with Crippen LogP contribution in [0.15, 0.2) is 54.4 Å². The quantitative estimate of drug-likeness (QED) is 0.814. The molecule has 2 heterocycles. The van der Waals surface area contributed by atoms with Crippen LogP contribution in [0.1, 0.15) is 25.1 Å². The van der Waals surface area contributed by atoms with Crippen molar-refractivity contribution in [3.63, 3.8) is 0 Å². The lowest BCUT2D eigenvalue weighted by Crippen LogP contribution is -2.17. The van der Waals surface area contributed by atoms with Gasteiger partial charge in [-0.1, -0.05) is 38.1 Å². The molecule has 1 N–H and O–H groups in total. The smallest absolute Gasteiger partial charge is 0.0647 e. The topological polar surface area (TPSA) is 24.9 Å². The molecule has 0 radical (unpaired) electrons. The number of para-hydroxylation sites is 1. The zero-order chi connectivity index (χ0) is 12.6. The van der Waals surface area contributed by atoms with Crippen molar-refractivity contribution < 1.29 is 0 Å². The van der Waals surface area contributed by atoms with Crippen molar-refractivity contribution in [2.45, 2.75) is 19.3 Å². The van der Waals surface area contributed by atoms with Gasteiger partial charge in [0.1, 0.15) is 0 Å². The van der Waals surface area contributed by atoms with Gasteiger partial charge in [-0.05, 0) is 29.8 Å². The maximum Gasteiger partial charge on any atom is 0.0647 e. The number of anilines is 1. The molecule has 0 unspecified atom stereocenters. The van der Waals surface area contributed by atoms with E-state index in [-0.39, 0.29) is 5.41 Å². The number of nitrogens with zero attached hydrogens (tertiary/aromatic N) is 1. The molecule has 0 aliphatic carbocycles. The SMILES string of the molecule is CC1(C)C(=Cc2ccccn2)Nc2ccccc21. The number of allylic oxidation sites excluding steroid dienone is 1. The van der Waals surface area contributed by atoms with Crippen LogP contribution in [0.2, 0.25) is 0 Å². The molecule has 2 heteroatoms. The maximum absolute atomic E-state index is 4.35. The van der Waals surface area contributed by atoms with Crippen LogP contribution in [0.5, 0.6) is 0 Å². The highest BCUT2D eigenvalue weighted by atomic mass is 15.0. The number of pyridine rings is 1. The Morgan fingerprint density at radius 1 is 1.06 bits per heavy atom. The Morgan fingerprint density at radius 2 is 1.83 bits per heavy atom. The van der Waals surface area contributed by atoms with Crippen LogP contribution >= 0.6 is 0 Å². The van der Waals surface area contributed by atoms with E-state index in [4.69, 9.17) is 0 Å². The van der Waals surface area contributed by atoms with E-state index in [2.05, 4.69) is 54.5 Å². The third kappa shape index (κ3) is 1.70. The fourth-order valence-electron chi connectivity index (χ4n) is 2.41. The molecule has 90 valence electrons. The van der Waals surface area contributed by atoms with Crippen LogP contribution in [-0.2, 0) is 5.41 Å². The van der Waals surface area contributed by atoms with Crippen LogP contribution in [0.4, 0.5) is 5.69 Å². The van der Waals surface area contributed by atoms with Gasteiger partial charge in [-0.3, -0.25) is 4.98 Å². The first-order chi connectivity index (χ1) is 8.68. The summed E-state index contributed by atoms with van der Waals surface area (Å²) in [5.41, 5.74) is 4.73. The van der Waals surface area contributed by atoms with Crippen molar-refractivity contribution in [1.29, 1.82) is 0 Å². The Labute approximate surface area is 107 Å². The molecule has 0 saturated heterocycles. The molecule has 3 rings (SSSR count). The first-order valence-corrected chi connectivity index (χ1v) is 6.18. The number of benzene rings is 1. The Balaban J connectivity index is 2.05. The average molecular weight is 236 g/mol. The van der Waals surface area contributed by atoms with E-state index in [1.54, 1.807) is 0 Å². The highest BCUT2D eigenvalue weighted by Crippen LogP contribution is 2.43. The van der Waals surface area contributed by atoms with Crippen molar-refractivity contribution in [3.8, 4) is 0 Å². The van der Waals surface area contributed by atoms with Crippen molar-refractivity contribution in [3.05, 3.63) is 65.6 Å². The van der Waals surface area contributed by atoms with Gasteiger partial charge in [0.2, 0.25) is 0 Å². The molecule has 1 aliphatic heterocycles. The van der Waals surface area contributed by atoms with Gasteiger partial charge in [-0.25, -0.2) is 0 Å². The third-order valence-electron chi connectivity index (χ3n) is 3.52. The number of fused-ring (bicyclic) bond motifs is 1. The van der Waals surface area contributed by atoms with Crippen LogP contribution < -0.4 is 5.32 Å². The van der Waals surface area contributed by atoms with Gasteiger partial charge < -0.3 is 5.32 Å². The number of nitrogens with one attached hydrogen (secondary N) is 1. The lowest BCUT2D eigenvalue weighted by atomic mass is 9.83. The summed E-state index contributed by atoms with van der Waals surface area (Å²) in [7, 11) is 0. The van der Waals surface area contributed by atoms with Crippen LogP contribution in [0.25, 0.3) is 6.08 Å². The lowest BCUT2D eigenvalue weighted by molar-refractivity contribution is 0.658. The van der Waals surface area contributed by atoms with Crippen molar-refractivity contribution in [1.82, 2.24) is 4.98 Å². The van der Waals surface area contributed by atoms with E-state index in [1.807, 2.05) is 24.4 Å². The molecule has 0 spiro atoms. The van der Waals surface area contributed by atoms with Gasteiger partial charge >= 0.3 is 0 Å². The van der Waals surface area contributed by atoms with E-state index >= 15 is 0 Å². The normalized spacial score (nSPS) is 18.4. The zero-order valence-electron chi connectivity index (χ0n) is 10.6. The molecule has 0 atom stereocenters. The minimum Gasteiger partial charge on any atom is -0.358 e. The summed E-state index contributed by atoms with van der Waals surface area (Å²) in [6.07, 6.45) is 3.95. The Morgan fingerprint density at radius 3 is 2.56 bits per heavy atom. The van der Waals surface area contributed by atoms with E-state index in [0.29, 0.717) is 0 Å². The Kier molecular flexibility index (Phi) is 2.44. The number of hydrogen-bond acceptors (Lipinski definition) is 2. The lowest BCUT2D eigenvalue weighted by Gasteiger charge is -2.20. The average Bonchev–Trinajstić information content (AvgIpc) is 2.63. The zero-order valence-corrected chi connectivity index (χ0v) is 10.6. The molecule has 1 aromatic heterocycles. The Hall–Kier alpha value is -2.09. The van der Waals surface area contributed by atoms with Gasteiger partial charge in [-0.15, -0.1) is 0 Å². The van der Waals surface area contributed by atoms with Gasteiger partial charge in [0.15, 0.2) is 0 Å². The maximum atomic E-state index is 4.35. The molecular formula is C16H16N2. The van der Waals surface area contributed by atoms with E-state index in [0.717, 1.165) is 5.69 Å². The van der Waals surface area contributed by atoms with Crippen LogP contribution in [0.3, 0.4) is 0 Å². The third-order valence-corrected chi connectivity index (χ3v) is 3.52.